The van der Waals surface area contributed by atoms with Crippen molar-refractivity contribution in [2.45, 2.75) is 38.1 Å². The van der Waals surface area contributed by atoms with Crippen LogP contribution in [0, 0.1) is 17.8 Å². The van der Waals surface area contributed by atoms with Crippen LogP contribution >= 0.6 is 0 Å². The van der Waals surface area contributed by atoms with E-state index in [1.165, 1.54) is 0 Å². The summed E-state index contributed by atoms with van der Waals surface area (Å²) < 4.78 is 0. The van der Waals surface area contributed by atoms with Gasteiger partial charge in [-0.1, -0.05) is 55.9 Å². The summed E-state index contributed by atoms with van der Waals surface area (Å²) in [5, 5.41) is 5.64. The van der Waals surface area contributed by atoms with Gasteiger partial charge in [-0.2, -0.15) is 0 Å². The average molecular weight is 415 g/mol. The van der Waals surface area contributed by atoms with E-state index < -0.39 is 17.5 Å². The van der Waals surface area contributed by atoms with Gasteiger partial charge in [-0.25, -0.2) is 4.79 Å². The molecule has 0 bridgehead atoms. The lowest BCUT2D eigenvalue weighted by atomic mass is 9.73. The van der Waals surface area contributed by atoms with E-state index in [4.69, 9.17) is 0 Å². The van der Waals surface area contributed by atoms with E-state index >= 15 is 0 Å². The molecule has 2 aliphatic rings. The number of hydrogen-bond acceptors (Lipinski definition) is 3. The van der Waals surface area contributed by atoms with E-state index in [1.54, 1.807) is 18.2 Å². The maximum atomic E-state index is 13.0. The third-order valence-electron chi connectivity index (χ3n) is 6.07. The van der Waals surface area contributed by atoms with Crippen LogP contribution in [0.4, 0.5) is 10.5 Å². The number of nitrogens with zero attached hydrogens (tertiary/aromatic N) is 1. The van der Waals surface area contributed by atoms with Gasteiger partial charge >= 0.3 is 6.03 Å². The summed E-state index contributed by atoms with van der Waals surface area (Å²) in [6.45, 7) is 1.68. The zero-order valence-electron chi connectivity index (χ0n) is 17.5. The Hall–Kier alpha value is -3.59. The van der Waals surface area contributed by atoms with Gasteiger partial charge in [0.1, 0.15) is 12.1 Å². The Morgan fingerprint density at radius 1 is 1.10 bits per heavy atom. The molecular weight excluding hydrogens is 390 g/mol. The normalized spacial score (nSPS) is 22.6. The highest BCUT2D eigenvalue weighted by atomic mass is 16.2. The Morgan fingerprint density at radius 2 is 1.84 bits per heavy atom. The van der Waals surface area contributed by atoms with Crippen molar-refractivity contribution in [3.63, 3.8) is 0 Å². The SMILES string of the molecule is CC1CCCCC12NC(=O)N(CC(=O)Nc1cccc(C#Cc3ccccc3)c1)C2=O. The van der Waals surface area contributed by atoms with Crippen LogP contribution in [0.15, 0.2) is 54.6 Å². The Morgan fingerprint density at radius 3 is 2.61 bits per heavy atom. The van der Waals surface area contributed by atoms with Crippen LogP contribution in [-0.2, 0) is 9.59 Å². The van der Waals surface area contributed by atoms with Gasteiger partial charge in [-0.3, -0.25) is 14.5 Å². The molecule has 0 aromatic heterocycles. The monoisotopic (exact) mass is 415 g/mol. The molecular formula is C25H25N3O3. The number of imide groups is 1. The molecule has 158 valence electrons. The summed E-state index contributed by atoms with van der Waals surface area (Å²) >= 11 is 0. The second kappa shape index (κ2) is 8.65. The lowest BCUT2D eigenvalue weighted by Crippen LogP contribution is -2.54. The topological polar surface area (TPSA) is 78.5 Å². The maximum Gasteiger partial charge on any atom is 0.325 e. The largest absolute Gasteiger partial charge is 0.325 e. The number of amides is 4. The van der Waals surface area contributed by atoms with Crippen LogP contribution in [0.5, 0.6) is 0 Å². The standard InChI is InChI=1S/C25H25N3O3/c1-18-8-5-6-15-25(18)23(30)28(24(31)27-25)17-22(29)26-21-12-7-11-20(16-21)14-13-19-9-3-2-4-10-19/h2-4,7,9-12,16,18H,5-6,8,15,17H2,1H3,(H,26,29)(H,27,31). The van der Waals surface area contributed by atoms with Crippen molar-refractivity contribution in [2.24, 2.45) is 5.92 Å². The zero-order chi connectivity index (χ0) is 21.8. The summed E-state index contributed by atoms with van der Waals surface area (Å²) in [4.78, 5) is 39.1. The molecule has 0 radical (unpaired) electrons. The molecule has 2 aromatic rings. The first-order valence-corrected chi connectivity index (χ1v) is 10.6. The van der Waals surface area contributed by atoms with Gasteiger partial charge in [0, 0.05) is 16.8 Å². The zero-order valence-corrected chi connectivity index (χ0v) is 17.5. The molecule has 2 unspecified atom stereocenters. The molecule has 6 nitrogen and oxygen atoms in total. The van der Waals surface area contributed by atoms with Crippen LogP contribution in [0.2, 0.25) is 0 Å². The minimum atomic E-state index is -0.859. The van der Waals surface area contributed by atoms with Crippen molar-refractivity contribution < 1.29 is 14.4 Å². The molecule has 1 saturated heterocycles. The second-order valence-electron chi connectivity index (χ2n) is 8.18. The molecule has 31 heavy (non-hydrogen) atoms. The quantitative estimate of drug-likeness (QED) is 0.595. The minimum Gasteiger partial charge on any atom is -0.324 e. The molecule has 6 heteroatoms. The van der Waals surface area contributed by atoms with Crippen LogP contribution in [-0.4, -0.2) is 34.8 Å². The molecule has 2 aromatic carbocycles. The maximum absolute atomic E-state index is 13.0. The first kappa shape index (κ1) is 20.7. The number of anilines is 1. The molecule has 1 saturated carbocycles. The van der Waals surface area contributed by atoms with Crippen LogP contribution in [0.1, 0.15) is 43.7 Å². The fourth-order valence-corrected chi connectivity index (χ4v) is 4.32. The molecule has 1 spiro atoms. The summed E-state index contributed by atoms with van der Waals surface area (Å²) in [5.74, 6) is 5.51. The fourth-order valence-electron chi connectivity index (χ4n) is 4.32. The highest BCUT2D eigenvalue weighted by Gasteiger charge is 2.55. The van der Waals surface area contributed by atoms with Gasteiger partial charge in [-0.05, 0) is 49.1 Å². The Labute approximate surface area is 182 Å². The first-order valence-electron chi connectivity index (χ1n) is 10.6. The number of nitrogens with one attached hydrogen (secondary N) is 2. The van der Waals surface area contributed by atoms with Gasteiger partial charge in [0.05, 0.1) is 0 Å². The number of benzene rings is 2. The van der Waals surface area contributed by atoms with Gasteiger partial charge in [0.25, 0.3) is 5.91 Å². The van der Waals surface area contributed by atoms with Crippen LogP contribution < -0.4 is 10.6 Å². The van der Waals surface area contributed by atoms with Gasteiger partial charge < -0.3 is 10.6 Å². The molecule has 2 atom stereocenters. The van der Waals surface area contributed by atoms with Crippen LogP contribution in [0.25, 0.3) is 0 Å². The number of carbonyl (C=O) groups excluding carboxylic acids is 3. The molecule has 1 heterocycles. The molecule has 1 aliphatic carbocycles. The van der Waals surface area contributed by atoms with Crippen molar-refractivity contribution in [3.8, 4) is 11.8 Å². The highest BCUT2D eigenvalue weighted by Crippen LogP contribution is 2.38. The molecule has 1 aliphatic heterocycles. The van der Waals surface area contributed by atoms with Crippen molar-refractivity contribution in [3.05, 3.63) is 65.7 Å². The summed E-state index contributed by atoms with van der Waals surface area (Å²) in [5.41, 5.74) is 1.37. The van der Waals surface area contributed by atoms with E-state index in [2.05, 4.69) is 22.5 Å². The summed E-state index contributed by atoms with van der Waals surface area (Å²) in [6, 6.07) is 16.3. The third kappa shape index (κ3) is 4.31. The predicted molar refractivity (Wildman–Crippen MR) is 118 cm³/mol. The second-order valence-corrected chi connectivity index (χ2v) is 8.18. The number of carbonyl (C=O) groups is 3. The van der Waals surface area contributed by atoms with Crippen molar-refractivity contribution >= 4 is 23.5 Å². The van der Waals surface area contributed by atoms with Crippen LogP contribution in [0.3, 0.4) is 0 Å². The number of urea groups is 1. The van der Waals surface area contributed by atoms with E-state index in [-0.39, 0.29) is 18.4 Å². The van der Waals surface area contributed by atoms with E-state index in [9.17, 15) is 14.4 Å². The predicted octanol–water partition coefficient (Wildman–Crippen LogP) is 3.53. The molecule has 4 amide bonds. The fraction of sp³-hybridized carbons (Fsp3) is 0.320. The summed E-state index contributed by atoms with van der Waals surface area (Å²) in [7, 11) is 0. The van der Waals surface area contributed by atoms with Gasteiger partial charge in [0.2, 0.25) is 5.91 Å². The molecule has 2 N–H and O–H groups in total. The smallest absolute Gasteiger partial charge is 0.324 e. The lowest BCUT2D eigenvalue weighted by Gasteiger charge is -2.36. The number of hydrogen-bond donors (Lipinski definition) is 2. The Balaban J connectivity index is 1.42. The van der Waals surface area contributed by atoms with Gasteiger partial charge in [0.15, 0.2) is 0 Å². The average Bonchev–Trinajstić information content (AvgIpc) is 3.00. The van der Waals surface area contributed by atoms with Crippen molar-refractivity contribution in [1.82, 2.24) is 10.2 Å². The van der Waals surface area contributed by atoms with E-state index in [1.807, 2.05) is 43.3 Å². The minimum absolute atomic E-state index is 0.0608. The molecule has 4 rings (SSSR count). The molecule has 2 fully saturated rings. The Kier molecular flexibility index (Phi) is 5.77. The number of rotatable bonds is 3. The van der Waals surface area contributed by atoms with Gasteiger partial charge in [-0.15, -0.1) is 0 Å². The first-order chi connectivity index (χ1) is 15.0. The lowest BCUT2D eigenvalue weighted by molar-refractivity contribution is -0.136. The Bertz CT molecular complexity index is 1070. The van der Waals surface area contributed by atoms with E-state index in [0.29, 0.717) is 12.1 Å². The van der Waals surface area contributed by atoms with Crippen molar-refractivity contribution in [1.29, 1.82) is 0 Å². The highest BCUT2D eigenvalue weighted by molar-refractivity contribution is 6.10. The third-order valence-corrected chi connectivity index (χ3v) is 6.07. The van der Waals surface area contributed by atoms with Crippen molar-refractivity contribution in [2.75, 3.05) is 11.9 Å². The van der Waals surface area contributed by atoms with E-state index in [0.717, 1.165) is 35.3 Å². The summed E-state index contributed by atoms with van der Waals surface area (Å²) in [6.07, 6.45) is 3.46.